The minimum Gasteiger partial charge on any atom is -0.453 e. The summed E-state index contributed by atoms with van der Waals surface area (Å²) in [7, 11) is 1.32. The van der Waals surface area contributed by atoms with Gasteiger partial charge in [0.1, 0.15) is 6.61 Å². The third-order valence-electron chi connectivity index (χ3n) is 1.86. The van der Waals surface area contributed by atoms with Crippen molar-refractivity contribution in [2.45, 2.75) is 6.54 Å². The van der Waals surface area contributed by atoms with E-state index >= 15 is 0 Å². The fourth-order valence-corrected chi connectivity index (χ4v) is 1.15. The fourth-order valence-electron chi connectivity index (χ4n) is 1.15. The molecular formula is C12H13NO3. The van der Waals surface area contributed by atoms with Crippen molar-refractivity contribution in [3.8, 4) is 11.8 Å². The van der Waals surface area contributed by atoms with Crippen molar-refractivity contribution >= 4 is 6.09 Å². The van der Waals surface area contributed by atoms with Crippen LogP contribution in [0.15, 0.2) is 24.3 Å². The smallest absolute Gasteiger partial charge is 0.407 e. The van der Waals surface area contributed by atoms with Crippen LogP contribution in [-0.4, -0.2) is 24.9 Å². The lowest BCUT2D eigenvalue weighted by Gasteiger charge is -2.03. The van der Waals surface area contributed by atoms with E-state index in [0.717, 1.165) is 11.1 Å². The van der Waals surface area contributed by atoms with E-state index < -0.39 is 6.09 Å². The molecule has 0 aliphatic rings. The molecule has 0 aliphatic carbocycles. The predicted molar refractivity (Wildman–Crippen MR) is 59.7 cm³/mol. The number of carbonyl (C=O) groups is 1. The summed E-state index contributed by atoms with van der Waals surface area (Å²) in [6.45, 7) is 0.228. The summed E-state index contributed by atoms with van der Waals surface area (Å²) in [5, 5.41) is 11.1. The summed E-state index contributed by atoms with van der Waals surface area (Å²) in [5.41, 5.74) is 1.73. The number of aliphatic hydroxyl groups is 1. The number of methoxy groups -OCH3 is 1. The van der Waals surface area contributed by atoms with Gasteiger partial charge in [-0.15, -0.1) is 0 Å². The Morgan fingerprint density at radius 2 is 2.38 bits per heavy atom. The molecule has 4 nitrogen and oxygen atoms in total. The molecule has 0 unspecified atom stereocenters. The molecule has 1 rings (SSSR count). The van der Waals surface area contributed by atoms with Gasteiger partial charge in [0.25, 0.3) is 0 Å². The first kappa shape index (κ1) is 12.1. The second kappa shape index (κ2) is 6.49. The fraction of sp³-hybridized carbons (Fsp3) is 0.250. The van der Waals surface area contributed by atoms with Gasteiger partial charge in [0.05, 0.1) is 7.11 Å². The highest BCUT2D eigenvalue weighted by molar-refractivity contribution is 5.66. The molecule has 0 bridgehead atoms. The molecular weight excluding hydrogens is 206 g/mol. The van der Waals surface area contributed by atoms with Gasteiger partial charge in [0.2, 0.25) is 0 Å². The number of carbonyl (C=O) groups excluding carboxylic acids is 1. The highest BCUT2D eigenvalue weighted by Gasteiger charge is 1.98. The number of rotatable bonds is 2. The molecule has 84 valence electrons. The van der Waals surface area contributed by atoms with Crippen LogP contribution < -0.4 is 5.32 Å². The zero-order valence-electron chi connectivity index (χ0n) is 8.99. The van der Waals surface area contributed by atoms with Gasteiger partial charge in [0, 0.05) is 12.1 Å². The molecule has 0 saturated carbocycles. The van der Waals surface area contributed by atoms with E-state index in [1.54, 1.807) is 0 Å². The normalized spacial score (nSPS) is 8.88. The van der Waals surface area contributed by atoms with Gasteiger partial charge < -0.3 is 15.2 Å². The zero-order valence-corrected chi connectivity index (χ0v) is 8.99. The van der Waals surface area contributed by atoms with Gasteiger partial charge in [-0.2, -0.15) is 0 Å². The lowest BCUT2D eigenvalue weighted by atomic mass is 10.1. The van der Waals surface area contributed by atoms with Crippen LogP contribution >= 0.6 is 0 Å². The summed E-state index contributed by atoms with van der Waals surface area (Å²) in [5.74, 6) is 5.35. The number of nitrogens with one attached hydrogen (secondary N) is 1. The van der Waals surface area contributed by atoms with Crippen molar-refractivity contribution in [2.75, 3.05) is 13.7 Å². The van der Waals surface area contributed by atoms with Crippen LogP contribution in [0.4, 0.5) is 4.79 Å². The molecule has 0 fully saturated rings. The monoisotopic (exact) mass is 219 g/mol. The highest BCUT2D eigenvalue weighted by Crippen LogP contribution is 2.03. The first-order valence-electron chi connectivity index (χ1n) is 4.76. The van der Waals surface area contributed by atoms with Crippen LogP contribution in [0.25, 0.3) is 0 Å². The molecule has 0 spiro atoms. The van der Waals surface area contributed by atoms with Crippen molar-refractivity contribution in [3.63, 3.8) is 0 Å². The number of alkyl carbamates (subject to hydrolysis) is 1. The van der Waals surface area contributed by atoms with Crippen molar-refractivity contribution in [1.29, 1.82) is 0 Å². The Morgan fingerprint density at radius 1 is 1.56 bits per heavy atom. The third kappa shape index (κ3) is 4.03. The SMILES string of the molecule is COC(=O)NCc1cccc(C#CCO)c1. The molecule has 0 saturated heterocycles. The lowest BCUT2D eigenvalue weighted by molar-refractivity contribution is 0.170. The van der Waals surface area contributed by atoms with Gasteiger partial charge in [0.15, 0.2) is 0 Å². The maximum Gasteiger partial charge on any atom is 0.407 e. The van der Waals surface area contributed by atoms with Crippen LogP contribution in [0.1, 0.15) is 11.1 Å². The van der Waals surface area contributed by atoms with Crippen LogP contribution in [0, 0.1) is 11.8 Å². The molecule has 16 heavy (non-hydrogen) atoms. The van der Waals surface area contributed by atoms with E-state index in [0.29, 0.717) is 6.54 Å². The molecule has 4 heteroatoms. The lowest BCUT2D eigenvalue weighted by Crippen LogP contribution is -2.22. The second-order valence-electron chi connectivity index (χ2n) is 3.01. The minimum atomic E-state index is -0.466. The molecule has 0 aromatic heterocycles. The van der Waals surface area contributed by atoms with Crippen LogP contribution in [-0.2, 0) is 11.3 Å². The van der Waals surface area contributed by atoms with Crippen molar-refractivity contribution in [1.82, 2.24) is 5.32 Å². The molecule has 0 aliphatic heterocycles. The summed E-state index contributed by atoms with van der Waals surface area (Å²) in [4.78, 5) is 10.8. The van der Waals surface area contributed by atoms with Gasteiger partial charge in [-0.25, -0.2) is 4.79 Å². The molecule has 1 aromatic rings. The molecule has 0 heterocycles. The second-order valence-corrected chi connectivity index (χ2v) is 3.01. The maximum absolute atomic E-state index is 10.8. The number of aliphatic hydroxyl groups excluding tert-OH is 1. The van der Waals surface area contributed by atoms with Crippen LogP contribution in [0.3, 0.4) is 0 Å². The van der Waals surface area contributed by atoms with E-state index in [4.69, 9.17) is 5.11 Å². The standard InChI is InChI=1S/C12H13NO3/c1-16-12(15)13-9-11-5-2-4-10(8-11)6-3-7-14/h2,4-5,8,14H,7,9H2,1H3,(H,13,15). The Labute approximate surface area is 94.2 Å². The first-order valence-corrected chi connectivity index (χ1v) is 4.76. The minimum absolute atomic E-state index is 0.162. The first-order chi connectivity index (χ1) is 7.76. The Hall–Kier alpha value is -1.99. The number of ether oxygens (including phenoxy) is 1. The van der Waals surface area contributed by atoms with Crippen molar-refractivity contribution in [3.05, 3.63) is 35.4 Å². The van der Waals surface area contributed by atoms with E-state index in [1.165, 1.54) is 7.11 Å². The average Bonchev–Trinajstić information content (AvgIpc) is 2.34. The Kier molecular flexibility index (Phi) is 4.90. The summed E-state index contributed by atoms with van der Waals surface area (Å²) in [6.07, 6.45) is -0.466. The quantitative estimate of drug-likeness (QED) is 0.726. The molecule has 0 atom stereocenters. The summed E-state index contributed by atoms with van der Waals surface area (Å²) >= 11 is 0. The van der Waals surface area contributed by atoms with Gasteiger partial charge >= 0.3 is 6.09 Å². The van der Waals surface area contributed by atoms with Crippen molar-refractivity contribution < 1.29 is 14.6 Å². The largest absolute Gasteiger partial charge is 0.453 e. The van der Waals surface area contributed by atoms with E-state index in [2.05, 4.69) is 21.9 Å². The molecule has 1 amide bonds. The van der Waals surface area contributed by atoms with E-state index in [-0.39, 0.29) is 6.61 Å². The van der Waals surface area contributed by atoms with E-state index in [1.807, 2.05) is 24.3 Å². The zero-order chi connectivity index (χ0) is 11.8. The highest BCUT2D eigenvalue weighted by atomic mass is 16.5. The maximum atomic E-state index is 10.8. The number of hydrogen-bond acceptors (Lipinski definition) is 3. The Bertz CT molecular complexity index is 418. The van der Waals surface area contributed by atoms with Crippen LogP contribution in [0.5, 0.6) is 0 Å². The summed E-state index contributed by atoms with van der Waals surface area (Å²) in [6, 6.07) is 7.40. The molecule has 0 radical (unpaired) electrons. The van der Waals surface area contributed by atoms with E-state index in [9.17, 15) is 4.79 Å². The Morgan fingerprint density at radius 3 is 3.06 bits per heavy atom. The summed E-state index contributed by atoms with van der Waals surface area (Å²) < 4.78 is 4.46. The van der Waals surface area contributed by atoms with Crippen LogP contribution in [0.2, 0.25) is 0 Å². The third-order valence-corrected chi connectivity index (χ3v) is 1.86. The number of benzene rings is 1. The van der Waals surface area contributed by atoms with Gasteiger partial charge in [-0.1, -0.05) is 24.0 Å². The molecule has 2 N–H and O–H groups in total. The predicted octanol–water partition coefficient (Wildman–Crippen LogP) is 0.886. The average molecular weight is 219 g/mol. The van der Waals surface area contributed by atoms with Gasteiger partial charge in [-0.3, -0.25) is 0 Å². The van der Waals surface area contributed by atoms with Gasteiger partial charge in [-0.05, 0) is 17.7 Å². The molecule has 1 aromatic carbocycles. The number of amides is 1. The Balaban J connectivity index is 2.64. The topological polar surface area (TPSA) is 58.6 Å². The number of hydrogen-bond donors (Lipinski definition) is 2. The van der Waals surface area contributed by atoms with Crippen molar-refractivity contribution in [2.24, 2.45) is 0 Å².